The quantitative estimate of drug-likeness (QED) is 0.910. The second-order valence-corrected chi connectivity index (χ2v) is 5.59. The van der Waals surface area contributed by atoms with E-state index in [0.29, 0.717) is 11.6 Å². The van der Waals surface area contributed by atoms with E-state index >= 15 is 0 Å². The molecular weight excluding hydrogens is 300 g/mol. The van der Waals surface area contributed by atoms with Crippen molar-refractivity contribution in [1.82, 2.24) is 9.97 Å². The van der Waals surface area contributed by atoms with Crippen molar-refractivity contribution in [3.8, 4) is 0 Å². The van der Waals surface area contributed by atoms with Crippen LogP contribution in [0.1, 0.15) is 17.8 Å². The maximum absolute atomic E-state index is 5.86. The number of halogens is 1. The highest BCUT2D eigenvalue weighted by atomic mass is 79.9. The number of nitrogens with two attached hydrogens (primary N) is 1. The number of nitrogen functional groups attached to an aromatic ring is 1. The van der Waals surface area contributed by atoms with Crippen LogP contribution < -0.4 is 11.1 Å². The molecule has 2 aromatic rings. The topological polar surface area (TPSA) is 63.8 Å². The van der Waals surface area contributed by atoms with E-state index in [1.54, 1.807) is 17.5 Å². The molecule has 4 nitrogen and oxygen atoms in total. The molecule has 1 unspecified atom stereocenters. The van der Waals surface area contributed by atoms with Crippen LogP contribution in [-0.2, 0) is 0 Å². The number of hydrogen-bond donors (Lipinski definition) is 2. The van der Waals surface area contributed by atoms with Gasteiger partial charge in [0.15, 0.2) is 0 Å². The summed E-state index contributed by atoms with van der Waals surface area (Å²) < 4.78 is 0.883. The number of nitrogens with zero attached hydrogens (tertiary/aromatic N) is 2. The standard InChI is InChI=1S/C11H13BrN4S/c1-7(11-14-2-3-17-11)5-15-10-9(13)4-8(12)6-16-10/h2-4,6-7H,5,13H2,1H3,(H,15,16). The number of thiazole rings is 1. The highest BCUT2D eigenvalue weighted by Gasteiger charge is 2.09. The van der Waals surface area contributed by atoms with Crippen molar-refractivity contribution in [3.05, 3.63) is 33.3 Å². The lowest BCUT2D eigenvalue weighted by Crippen LogP contribution is -2.12. The van der Waals surface area contributed by atoms with E-state index in [0.717, 1.165) is 21.8 Å². The minimum Gasteiger partial charge on any atom is -0.396 e. The fraction of sp³-hybridized carbons (Fsp3) is 0.273. The lowest BCUT2D eigenvalue weighted by atomic mass is 10.2. The molecule has 0 saturated heterocycles. The Bertz CT molecular complexity index is 486. The van der Waals surface area contributed by atoms with Gasteiger partial charge in [0.2, 0.25) is 0 Å². The highest BCUT2D eigenvalue weighted by Crippen LogP contribution is 2.22. The Morgan fingerprint density at radius 3 is 3.00 bits per heavy atom. The Morgan fingerprint density at radius 2 is 2.35 bits per heavy atom. The fourth-order valence-corrected chi connectivity index (χ4v) is 2.47. The first-order valence-electron chi connectivity index (χ1n) is 5.21. The summed E-state index contributed by atoms with van der Waals surface area (Å²) in [6.07, 6.45) is 3.55. The van der Waals surface area contributed by atoms with Gasteiger partial charge in [-0.3, -0.25) is 0 Å². The van der Waals surface area contributed by atoms with E-state index in [2.05, 4.69) is 38.1 Å². The molecule has 0 fully saturated rings. The summed E-state index contributed by atoms with van der Waals surface area (Å²) in [5, 5.41) is 6.34. The van der Waals surface area contributed by atoms with Gasteiger partial charge in [0.1, 0.15) is 5.82 Å². The van der Waals surface area contributed by atoms with E-state index in [9.17, 15) is 0 Å². The first kappa shape index (κ1) is 12.3. The maximum Gasteiger partial charge on any atom is 0.149 e. The monoisotopic (exact) mass is 312 g/mol. The van der Waals surface area contributed by atoms with E-state index in [1.807, 2.05) is 17.6 Å². The maximum atomic E-state index is 5.86. The predicted molar refractivity (Wildman–Crippen MR) is 75.4 cm³/mol. The average molecular weight is 313 g/mol. The molecule has 2 heterocycles. The highest BCUT2D eigenvalue weighted by molar-refractivity contribution is 9.10. The molecule has 6 heteroatoms. The van der Waals surface area contributed by atoms with Crippen molar-refractivity contribution in [3.63, 3.8) is 0 Å². The normalized spacial score (nSPS) is 12.4. The number of nitrogens with one attached hydrogen (secondary N) is 1. The van der Waals surface area contributed by atoms with Crippen LogP contribution in [0.5, 0.6) is 0 Å². The van der Waals surface area contributed by atoms with Gasteiger partial charge in [-0.2, -0.15) is 0 Å². The third-order valence-electron chi connectivity index (χ3n) is 2.33. The molecule has 2 rings (SSSR count). The zero-order valence-corrected chi connectivity index (χ0v) is 11.8. The second-order valence-electron chi connectivity index (χ2n) is 3.74. The predicted octanol–water partition coefficient (Wildman–Crippen LogP) is 3.10. The molecule has 0 amide bonds. The minimum atomic E-state index is 0.347. The molecule has 17 heavy (non-hydrogen) atoms. The lowest BCUT2D eigenvalue weighted by molar-refractivity contribution is 0.792. The molecule has 3 N–H and O–H groups in total. The molecule has 0 aliphatic rings. The van der Waals surface area contributed by atoms with Crippen LogP contribution >= 0.6 is 27.3 Å². The summed E-state index contributed by atoms with van der Waals surface area (Å²) >= 11 is 4.99. The van der Waals surface area contributed by atoms with E-state index in [1.165, 1.54) is 0 Å². The Kier molecular flexibility index (Phi) is 3.96. The molecule has 90 valence electrons. The molecule has 1 atom stereocenters. The summed E-state index contributed by atoms with van der Waals surface area (Å²) in [4.78, 5) is 8.52. The molecule has 0 radical (unpaired) electrons. The summed E-state index contributed by atoms with van der Waals surface area (Å²) in [6, 6.07) is 1.84. The van der Waals surface area contributed by atoms with Gasteiger partial charge in [-0.15, -0.1) is 11.3 Å². The smallest absolute Gasteiger partial charge is 0.149 e. The molecule has 0 aliphatic carbocycles. The Balaban J connectivity index is 1.98. The average Bonchev–Trinajstić information content (AvgIpc) is 2.81. The van der Waals surface area contributed by atoms with Crippen LogP contribution in [0.2, 0.25) is 0 Å². The summed E-state index contributed by atoms with van der Waals surface area (Å²) in [6.45, 7) is 2.90. The van der Waals surface area contributed by atoms with Gasteiger partial charge in [0.05, 0.1) is 10.7 Å². The van der Waals surface area contributed by atoms with Crippen molar-refractivity contribution >= 4 is 38.8 Å². The molecule has 0 saturated carbocycles. The van der Waals surface area contributed by atoms with Crippen LogP contribution in [-0.4, -0.2) is 16.5 Å². The van der Waals surface area contributed by atoms with Crippen LogP contribution in [0, 0.1) is 0 Å². The van der Waals surface area contributed by atoms with E-state index in [4.69, 9.17) is 5.73 Å². The van der Waals surface area contributed by atoms with Gasteiger partial charge < -0.3 is 11.1 Å². The minimum absolute atomic E-state index is 0.347. The third kappa shape index (κ3) is 3.17. The Hall–Kier alpha value is -1.14. The molecule has 0 bridgehead atoms. The summed E-state index contributed by atoms with van der Waals surface area (Å²) in [7, 11) is 0. The van der Waals surface area contributed by atoms with Gasteiger partial charge >= 0.3 is 0 Å². The van der Waals surface area contributed by atoms with Crippen LogP contribution in [0.15, 0.2) is 28.3 Å². The number of hydrogen-bond acceptors (Lipinski definition) is 5. The molecule has 0 spiro atoms. The van der Waals surface area contributed by atoms with Crippen molar-refractivity contribution < 1.29 is 0 Å². The van der Waals surface area contributed by atoms with Crippen molar-refractivity contribution in [2.45, 2.75) is 12.8 Å². The first-order valence-corrected chi connectivity index (χ1v) is 6.88. The zero-order valence-electron chi connectivity index (χ0n) is 9.35. The number of rotatable bonds is 4. The zero-order chi connectivity index (χ0) is 12.3. The number of anilines is 2. The summed E-state index contributed by atoms with van der Waals surface area (Å²) in [5.41, 5.74) is 6.50. The van der Waals surface area contributed by atoms with Crippen LogP contribution in [0.4, 0.5) is 11.5 Å². The fourth-order valence-electron chi connectivity index (χ4n) is 1.42. The van der Waals surface area contributed by atoms with Crippen molar-refractivity contribution in [2.24, 2.45) is 0 Å². The SMILES string of the molecule is CC(CNc1ncc(Br)cc1N)c1nccs1. The Morgan fingerprint density at radius 1 is 1.53 bits per heavy atom. The van der Waals surface area contributed by atoms with Gasteiger partial charge in [-0.05, 0) is 22.0 Å². The van der Waals surface area contributed by atoms with Gasteiger partial charge in [-0.25, -0.2) is 9.97 Å². The molecule has 0 aliphatic heterocycles. The Labute approximate surface area is 112 Å². The van der Waals surface area contributed by atoms with Gasteiger partial charge in [0, 0.05) is 34.7 Å². The summed E-state index contributed by atoms with van der Waals surface area (Å²) in [5.74, 6) is 1.07. The largest absolute Gasteiger partial charge is 0.396 e. The first-order chi connectivity index (χ1) is 8.16. The van der Waals surface area contributed by atoms with E-state index in [-0.39, 0.29) is 0 Å². The molecule has 0 aromatic carbocycles. The van der Waals surface area contributed by atoms with Crippen LogP contribution in [0.3, 0.4) is 0 Å². The number of pyridine rings is 1. The van der Waals surface area contributed by atoms with Crippen molar-refractivity contribution in [1.29, 1.82) is 0 Å². The third-order valence-corrected chi connectivity index (χ3v) is 3.77. The van der Waals surface area contributed by atoms with Gasteiger partial charge in [-0.1, -0.05) is 6.92 Å². The van der Waals surface area contributed by atoms with E-state index < -0.39 is 0 Å². The van der Waals surface area contributed by atoms with Crippen LogP contribution in [0.25, 0.3) is 0 Å². The van der Waals surface area contributed by atoms with Crippen molar-refractivity contribution in [2.75, 3.05) is 17.6 Å². The lowest BCUT2D eigenvalue weighted by Gasteiger charge is -2.12. The molecular formula is C11H13BrN4S. The molecule has 2 aromatic heterocycles. The number of aromatic nitrogens is 2. The van der Waals surface area contributed by atoms with Gasteiger partial charge in [0.25, 0.3) is 0 Å². The second kappa shape index (κ2) is 5.46.